The van der Waals surface area contributed by atoms with E-state index in [0.717, 1.165) is 17.5 Å². The van der Waals surface area contributed by atoms with Crippen LogP contribution in [-0.4, -0.2) is 47.9 Å². The molecule has 2 heterocycles. The van der Waals surface area contributed by atoms with Gasteiger partial charge in [-0.05, 0) is 36.5 Å². The lowest BCUT2D eigenvalue weighted by atomic mass is 10.1. The Morgan fingerprint density at radius 3 is 2.60 bits per heavy atom. The Labute approximate surface area is 176 Å². The molecule has 1 aromatic heterocycles. The number of benzene rings is 1. The summed E-state index contributed by atoms with van der Waals surface area (Å²) in [5.74, 6) is 8.21. The average Bonchev–Trinajstić information content (AvgIpc) is 3.35. The zero-order valence-corrected chi connectivity index (χ0v) is 17.4. The normalized spacial score (nSPS) is 15.4. The number of methoxy groups -OCH3 is 2. The largest absolute Gasteiger partial charge is 0.497 e. The SMILES string of the molecule is C=CC(=O)N1CCC(Cn2nc(C#Cc3cc(OC)cc(OC)c3)c(CN)c2N)C1. The molecule has 0 aliphatic carbocycles. The summed E-state index contributed by atoms with van der Waals surface area (Å²) in [4.78, 5) is 13.6. The van der Waals surface area contributed by atoms with Crippen molar-refractivity contribution in [3.63, 3.8) is 0 Å². The number of amides is 1. The first-order valence-electron chi connectivity index (χ1n) is 9.70. The van der Waals surface area contributed by atoms with Crippen molar-refractivity contribution in [2.24, 2.45) is 11.7 Å². The van der Waals surface area contributed by atoms with Gasteiger partial charge in [0.2, 0.25) is 5.91 Å². The molecule has 30 heavy (non-hydrogen) atoms. The zero-order valence-electron chi connectivity index (χ0n) is 17.4. The van der Waals surface area contributed by atoms with Crippen molar-refractivity contribution in [2.75, 3.05) is 33.0 Å². The summed E-state index contributed by atoms with van der Waals surface area (Å²) in [5, 5.41) is 4.59. The molecule has 0 spiro atoms. The fourth-order valence-corrected chi connectivity index (χ4v) is 3.52. The van der Waals surface area contributed by atoms with Gasteiger partial charge >= 0.3 is 0 Å². The molecule has 1 atom stereocenters. The molecule has 0 bridgehead atoms. The second-order valence-electron chi connectivity index (χ2n) is 7.09. The van der Waals surface area contributed by atoms with Crippen LogP contribution in [0.1, 0.15) is 23.2 Å². The molecule has 8 nitrogen and oxygen atoms in total. The molecule has 4 N–H and O–H groups in total. The van der Waals surface area contributed by atoms with Gasteiger partial charge in [-0.15, -0.1) is 0 Å². The fourth-order valence-electron chi connectivity index (χ4n) is 3.52. The number of carbonyl (C=O) groups is 1. The van der Waals surface area contributed by atoms with E-state index in [1.165, 1.54) is 6.08 Å². The molecular weight excluding hydrogens is 382 g/mol. The molecule has 8 heteroatoms. The molecule has 0 saturated carbocycles. The van der Waals surface area contributed by atoms with Gasteiger partial charge < -0.3 is 25.8 Å². The molecule has 1 aromatic carbocycles. The summed E-state index contributed by atoms with van der Waals surface area (Å²) in [5.41, 5.74) is 14.2. The predicted molar refractivity (Wildman–Crippen MR) is 115 cm³/mol. The van der Waals surface area contributed by atoms with Gasteiger partial charge in [0.1, 0.15) is 23.0 Å². The van der Waals surface area contributed by atoms with Crippen LogP contribution in [0.2, 0.25) is 0 Å². The molecule has 2 aromatic rings. The topological polar surface area (TPSA) is 109 Å². The molecule has 1 unspecified atom stereocenters. The summed E-state index contributed by atoms with van der Waals surface area (Å²) >= 11 is 0. The number of nitrogens with zero attached hydrogens (tertiary/aromatic N) is 3. The third-order valence-corrected chi connectivity index (χ3v) is 5.18. The van der Waals surface area contributed by atoms with Crippen molar-refractivity contribution >= 4 is 11.7 Å². The lowest BCUT2D eigenvalue weighted by Crippen LogP contribution is -2.27. The van der Waals surface area contributed by atoms with Gasteiger partial charge in [-0.3, -0.25) is 4.79 Å². The Bertz CT molecular complexity index is 980. The number of aromatic nitrogens is 2. The number of ether oxygens (including phenoxy) is 2. The van der Waals surface area contributed by atoms with Crippen LogP contribution >= 0.6 is 0 Å². The molecule has 0 radical (unpaired) electrons. The van der Waals surface area contributed by atoms with E-state index in [-0.39, 0.29) is 18.4 Å². The summed E-state index contributed by atoms with van der Waals surface area (Å²) in [7, 11) is 3.18. The minimum atomic E-state index is -0.0474. The minimum Gasteiger partial charge on any atom is -0.497 e. The number of likely N-dealkylation sites (tertiary alicyclic amines) is 1. The number of hydrogen-bond acceptors (Lipinski definition) is 6. The molecule has 1 fully saturated rings. The van der Waals surface area contributed by atoms with Gasteiger partial charge in [-0.2, -0.15) is 5.10 Å². The lowest BCUT2D eigenvalue weighted by molar-refractivity contribution is -0.125. The first-order chi connectivity index (χ1) is 14.5. The quantitative estimate of drug-likeness (QED) is 0.551. The van der Waals surface area contributed by atoms with Crippen molar-refractivity contribution in [1.82, 2.24) is 14.7 Å². The van der Waals surface area contributed by atoms with Crippen molar-refractivity contribution in [3.05, 3.63) is 47.7 Å². The lowest BCUT2D eigenvalue weighted by Gasteiger charge is -2.14. The van der Waals surface area contributed by atoms with Crippen LogP contribution in [-0.2, 0) is 17.9 Å². The van der Waals surface area contributed by atoms with E-state index in [1.54, 1.807) is 29.9 Å². The molecule has 1 aliphatic heterocycles. The highest BCUT2D eigenvalue weighted by Crippen LogP contribution is 2.24. The van der Waals surface area contributed by atoms with Gasteiger partial charge in [0, 0.05) is 43.4 Å². The Hall–Kier alpha value is -3.44. The van der Waals surface area contributed by atoms with Gasteiger partial charge in [0.05, 0.1) is 14.2 Å². The van der Waals surface area contributed by atoms with Crippen molar-refractivity contribution in [1.29, 1.82) is 0 Å². The maximum atomic E-state index is 11.8. The summed E-state index contributed by atoms with van der Waals surface area (Å²) in [6.45, 7) is 5.77. The third kappa shape index (κ3) is 4.58. The van der Waals surface area contributed by atoms with Crippen LogP contribution in [0.15, 0.2) is 30.9 Å². The van der Waals surface area contributed by atoms with E-state index >= 15 is 0 Å². The zero-order chi connectivity index (χ0) is 21.7. The number of carbonyl (C=O) groups excluding carboxylic acids is 1. The van der Waals surface area contributed by atoms with Crippen LogP contribution in [0.3, 0.4) is 0 Å². The van der Waals surface area contributed by atoms with Crippen LogP contribution in [0, 0.1) is 17.8 Å². The Morgan fingerprint density at radius 2 is 2.00 bits per heavy atom. The second kappa shape index (κ2) is 9.37. The van der Waals surface area contributed by atoms with Crippen LogP contribution < -0.4 is 20.9 Å². The number of nitrogens with two attached hydrogens (primary N) is 2. The van der Waals surface area contributed by atoms with Gasteiger partial charge in [0.25, 0.3) is 0 Å². The van der Waals surface area contributed by atoms with Gasteiger partial charge in [0.15, 0.2) is 0 Å². The first-order valence-corrected chi connectivity index (χ1v) is 9.70. The third-order valence-electron chi connectivity index (χ3n) is 5.18. The highest BCUT2D eigenvalue weighted by Gasteiger charge is 2.26. The van der Waals surface area contributed by atoms with Gasteiger partial charge in [-0.1, -0.05) is 12.5 Å². The monoisotopic (exact) mass is 409 g/mol. The number of rotatable bonds is 6. The van der Waals surface area contributed by atoms with E-state index in [4.69, 9.17) is 20.9 Å². The molecular formula is C22H27N5O3. The van der Waals surface area contributed by atoms with Crippen molar-refractivity contribution in [2.45, 2.75) is 19.5 Å². The molecule has 158 valence electrons. The Kier molecular flexibility index (Phi) is 6.65. The summed E-state index contributed by atoms with van der Waals surface area (Å²) in [6, 6.07) is 5.43. The number of hydrogen-bond donors (Lipinski definition) is 2. The van der Waals surface area contributed by atoms with Gasteiger partial charge in [-0.25, -0.2) is 4.68 Å². The van der Waals surface area contributed by atoms with E-state index in [2.05, 4.69) is 23.5 Å². The predicted octanol–water partition coefficient (Wildman–Crippen LogP) is 1.38. The number of anilines is 1. The minimum absolute atomic E-state index is 0.0474. The highest BCUT2D eigenvalue weighted by molar-refractivity contribution is 5.87. The Balaban J connectivity index is 1.82. The molecule has 3 rings (SSSR count). The maximum absolute atomic E-state index is 11.8. The van der Waals surface area contributed by atoms with Crippen LogP contribution in [0.4, 0.5) is 5.82 Å². The molecule has 1 amide bonds. The smallest absolute Gasteiger partial charge is 0.245 e. The summed E-state index contributed by atoms with van der Waals surface area (Å²) in [6.07, 6.45) is 2.24. The molecule has 1 aliphatic rings. The standard InChI is InChI=1S/C22H27N5O3/c1-4-21(28)26-8-7-16(13-26)14-27-22(24)19(12-23)20(25-27)6-5-15-9-17(29-2)11-18(10-15)30-3/h4,9-11,16H,1,7-8,12-14,23-24H2,2-3H3. The highest BCUT2D eigenvalue weighted by atomic mass is 16.5. The van der Waals surface area contributed by atoms with E-state index in [0.29, 0.717) is 42.6 Å². The van der Waals surface area contributed by atoms with E-state index < -0.39 is 0 Å². The van der Waals surface area contributed by atoms with Crippen LogP contribution in [0.25, 0.3) is 0 Å². The van der Waals surface area contributed by atoms with Crippen LogP contribution in [0.5, 0.6) is 11.5 Å². The number of nitrogen functional groups attached to an aromatic ring is 1. The second-order valence-corrected chi connectivity index (χ2v) is 7.09. The maximum Gasteiger partial charge on any atom is 0.245 e. The Morgan fingerprint density at radius 1 is 1.30 bits per heavy atom. The first kappa shape index (κ1) is 21.3. The summed E-state index contributed by atoms with van der Waals surface area (Å²) < 4.78 is 12.3. The average molecular weight is 409 g/mol. The fraction of sp³-hybridized carbons (Fsp3) is 0.364. The van der Waals surface area contributed by atoms with E-state index in [9.17, 15) is 4.79 Å². The van der Waals surface area contributed by atoms with Crippen molar-refractivity contribution < 1.29 is 14.3 Å². The van der Waals surface area contributed by atoms with Crippen molar-refractivity contribution in [3.8, 4) is 23.3 Å². The molecule has 1 saturated heterocycles. The van der Waals surface area contributed by atoms with E-state index in [1.807, 2.05) is 12.1 Å².